The normalized spacial score (nSPS) is 14.7. The van der Waals surface area contributed by atoms with Crippen molar-refractivity contribution in [1.82, 2.24) is 0 Å². The molecule has 18 aromatic rings. The maximum Gasteiger partial charge on any atom is 0.0465 e. The van der Waals surface area contributed by atoms with E-state index in [9.17, 15) is 0 Å². The summed E-state index contributed by atoms with van der Waals surface area (Å²) in [5, 5.41) is 5.18. The monoisotopic (exact) mass is 1550 g/mol. The van der Waals surface area contributed by atoms with Crippen LogP contribution in [0.15, 0.2) is 388 Å². The Morgan fingerprint density at radius 2 is 0.372 bits per heavy atom. The van der Waals surface area contributed by atoms with E-state index in [0.29, 0.717) is 0 Å². The van der Waals surface area contributed by atoms with Gasteiger partial charge in [-0.15, -0.1) is 0 Å². The van der Waals surface area contributed by atoms with Crippen LogP contribution >= 0.6 is 0 Å². The fraction of sp³-hybridized carbons (Fsp3) is 0.126. The first kappa shape index (κ1) is 73.5. The molecule has 2 heteroatoms. The summed E-state index contributed by atoms with van der Waals surface area (Å²) in [5.41, 5.74) is 46.2. The largest absolute Gasteiger partial charge is 0.310 e. The van der Waals surface area contributed by atoms with E-state index in [1.165, 1.54) is 200 Å². The molecule has 0 aromatic heterocycles. The molecular formula is C119H94N2. The lowest BCUT2D eigenvalue weighted by molar-refractivity contribution is 0.660. The maximum absolute atomic E-state index is 2.46. The predicted octanol–water partition coefficient (Wildman–Crippen LogP) is 32.5. The number of fused-ring (bicyclic) bond motifs is 17. The summed E-state index contributed by atoms with van der Waals surface area (Å²) in [4.78, 5) is 4.87. The van der Waals surface area contributed by atoms with Gasteiger partial charge in [-0.05, 0) is 273 Å². The van der Waals surface area contributed by atoms with Gasteiger partial charge in [0.05, 0.1) is 0 Å². The summed E-state index contributed by atoms with van der Waals surface area (Å²) in [6.07, 6.45) is 0. The van der Waals surface area contributed by atoms with Crippen LogP contribution in [0.4, 0.5) is 34.1 Å². The van der Waals surface area contributed by atoms with Gasteiger partial charge in [-0.25, -0.2) is 0 Å². The molecule has 0 spiro atoms. The number of nitrogens with zero attached hydrogens (tertiary/aromatic N) is 2. The predicted molar refractivity (Wildman–Crippen MR) is 512 cm³/mol. The zero-order valence-corrected chi connectivity index (χ0v) is 70.3. The summed E-state index contributed by atoms with van der Waals surface area (Å²) in [5.74, 6) is 0. The smallest absolute Gasteiger partial charge is 0.0465 e. The highest BCUT2D eigenvalue weighted by molar-refractivity contribution is 6.10. The lowest BCUT2D eigenvalue weighted by atomic mass is 9.80. The third-order valence-electron chi connectivity index (χ3n) is 28.2. The number of hydrogen-bond donors (Lipinski definition) is 0. The van der Waals surface area contributed by atoms with Crippen molar-refractivity contribution >= 4 is 55.7 Å². The van der Waals surface area contributed by atoms with Crippen LogP contribution in [0.5, 0.6) is 0 Å². The van der Waals surface area contributed by atoms with Crippen LogP contribution in [0.3, 0.4) is 0 Å². The zero-order valence-electron chi connectivity index (χ0n) is 70.3. The molecule has 0 N–H and O–H groups in total. The number of rotatable bonds is 11. The van der Waals surface area contributed by atoms with E-state index in [4.69, 9.17) is 0 Å². The molecule has 121 heavy (non-hydrogen) atoms. The molecule has 0 saturated carbocycles. The van der Waals surface area contributed by atoms with Crippen molar-refractivity contribution in [2.75, 3.05) is 9.80 Å². The molecule has 0 fully saturated rings. The Kier molecular flexibility index (Phi) is 16.7. The Bertz CT molecular complexity index is 7130. The number of benzene rings is 18. The minimum absolute atomic E-state index is 0.0643. The highest BCUT2D eigenvalue weighted by Gasteiger charge is 2.42. The molecule has 18 aromatic carbocycles. The highest BCUT2D eigenvalue weighted by Crippen LogP contribution is 2.59. The van der Waals surface area contributed by atoms with Crippen LogP contribution in [0.25, 0.3) is 133 Å². The maximum atomic E-state index is 2.46. The molecule has 580 valence electrons. The molecule has 0 radical (unpaired) electrons. The average molecular weight is 1550 g/mol. The summed E-state index contributed by atoms with van der Waals surface area (Å²) >= 11 is 0. The lowest BCUT2D eigenvalue weighted by Gasteiger charge is -2.30. The Balaban J connectivity index is 0.000000145. The van der Waals surface area contributed by atoms with E-state index in [-0.39, 0.29) is 27.1 Å². The van der Waals surface area contributed by atoms with E-state index in [0.717, 1.165) is 22.7 Å². The molecule has 2 nitrogen and oxygen atoms in total. The molecule has 0 heterocycles. The molecule has 5 aliphatic rings. The van der Waals surface area contributed by atoms with Crippen molar-refractivity contribution in [3.05, 3.63) is 444 Å². The van der Waals surface area contributed by atoms with Crippen molar-refractivity contribution in [2.45, 2.75) is 96.3 Å². The Morgan fingerprint density at radius 1 is 0.149 bits per heavy atom. The fourth-order valence-electron chi connectivity index (χ4n) is 21.7. The minimum atomic E-state index is -0.100. The van der Waals surface area contributed by atoms with Crippen LogP contribution in [0.2, 0.25) is 0 Å². The Labute approximate surface area is 712 Å². The number of hydrogen-bond acceptors (Lipinski definition) is 2. The van der Waals surface area contributed by atoms with E-state index >= 15 is 0 Å². The lowest BCUT2D eigenvalue weighted by Crippen LogP contribution is -2.18. The average Bonchev–Trinajstić information content (AvgIpc) is 1.56. The summed E-state index contributed by atoms with van der Waals surface area (Å²) in [7, 11) is 0. The van der Waals surface area contributed by atoms with Gasteiger partial charge in [0.25, 0.3) is 0 Å². The van der Waals surface area contributed by atoms with Crippen molar-refractivity contribution in [2.24, 2.45) is 0 Å². The van der Waals surface area contributed by atoms with E-state index in [1.54, 1.807) is 0 Å². The molecule has 0 atom stereocenters. The van der Waals surface area contributed by atoms with Gasteiger partial charge in [0.15, 0.2) is 0 Å². The highest BCUT2D eigenvalue weighted by atomic mass is 15.1. The molecule has 0 unspecified atom stereocenters. The molecule has 0 bridgehead atoms. The second-order valence-corrected chi connectivity index (χ2v) is 36.7. The van der Waals surface area contributed by atoms with Crippen molar-refractivity contribution in [3.8, 4) is 111 Å². The molecule has 0 saturated heterocycles. The van der Waals surface area contributed by atoms with Gasteiger partial charge in [-0.3, -0.25) is 0 Å². The van der Waals surface area contributed by atoms with Gasteiger partial charge in [0.1, 0.15) is 0 Å². The first-order valence-electron chi connectivity index (χ1n) is 43.0. The second kappa shape index (κ2) is 27.6. The van der Waals surface area contributed by atoms with Crippen molar-refractivity contribution < 1.29 is 0 Å². The van der Waals surface area contributed by atoms with Gasteiger partial charge in [-0.2, -0.15) is 0 Å². The third-order valence-corrected chi connectivity index (χ3v) is 28.2. The van der Waals surface area contributed by atoms with Crippen molar-refractivity contribution in [1.29, 1.82) is 0 Å². The van der Waals surface area contributed by atoms with Crippen LogP contribution in [0.1, 0.15) is 125 Å². The first-order valence-corrected chi connectivity index (χ1v) is 43.0. The summed E-state index contributed by atoms with van der Waals surface area (Å²) < 4.78 is 0. The van der Waals surface area contributed by atoms with E-state index < -0.39 is 0 Å². The van der Waals surface area contributed by atoms with Gasteiger partial charge >= 0.3 is 0 Å². The van der Waals surface area contributed by atoms with Gasteiger partial charge in [-0.1, -0.05) is 373 Å². The van der Waals surface area contributed by atoms with E-state index in [1.807, 2.05) is 0 Å². The molecule has 0 aliphatic heterocycles. The van der Waals surface area contributed by atoms with Crippen LogP contribution in [0, 0.1) is 0 Å². The van der Waals surface area contributed by atoms with E-state index in [2.05, 4.69) is 467 Å². The number of anilines is 6. The molecule has 5 aliphatic carbocycles. The van der Waals surface area contributed by atoms with Crippen LogP contribution in [-0.2, 0) is 27.1 Å². The summed E-state index contributed by atoms with van der Waals surface area (Å²) in [6.45, 7) is 23.7. The molecular weight excluding hydrogens is 1460 g/mol. The topological polar surface area (TPSA) is 6.48 Å². The van der Waals surface area contributed by atoms with Gasteiger partial charge in [0, 0.05) is 61.2 Å². The standard InChI is InChI=1S/C61H49N.C58H45N/c1-59(2)51-20-12-9-17-46(51)48-33-31-43(36-54(48)59)62(44-32-34-49-47-18-10-13-21-52(47)60(3,4)55(49)37-44)42-29-27-39(28-30-42)38-23-25-40(26-24-38)57-45-16-8-7-15-41(45)35-56-58(57)50-19-11-14-22-53(50)61(56,5)6;1-57(2)51-20-12-10-18-48(51)49-35-34-46(37-53(49)57)59(44-30-26-40(27-31-44)38-14-6-5-7-15-38)45-32-28-41(29-33-45)39-22-24-42(25-23-39)55-47-17-9-8-16-43(47)36-54-56(55)50-19-11-13-21-52(50)58(54,3)4/h7-37H,1-6H3;5-37H,1-4H3. The van der Waals surface area contributed by atoms with Gasteiger partial charge in [0.2, 0.25) is 0 Å². The van der Waals surface area contributed by atoms with Crippen LogP contribution < -0.4 is 9.80 Å². The van der Waals surface area contributed by atoms with Crippen LogP contribution in [-0.4, -0.2) is 0 Å². The zero-order chi connectivity index (χ0) is 82.0. The van der Waals surface area contributed by atoms with Gasteiger partial charge < -0.3 is 9.80 Å². The quantitative estimate of drug-likeness (QED) is 0.127. The second-order valence-electron chi connectivity index (χ2n) is 36.7. The minimum Gasteiger partial charge on any atom is -0.310 e. The first-order chi connectivity index (χ1) is 58.8. The summed E-state index contributed by atoms with van der Waals surface area (Å²) in [6, 6.07) is 145. The fourth-order valence-corrected chi connectivity index (χ4v) is 21.7. The van der Waals surface area contributed by atoms with Crippen molar-refractivity contribution in [3.63, 3.8) is 0 Å². The third kappa shape index (κ3) is 11.5. The Morgan fingerprint density at radius 3 is 0.702 bits per heavy atom. The molecule has 23 rings (SSSR count). The Hall–Kier alpha value is -13.9. The molecule has 0 amide bonds. The SMILES string of the molecule is CC1(C)c2ccccc2-c2ccc(N(c3ccc(-c4ccc(-c5c6c(cc7ccccc57)C(C)(C)c5ccccc5-6)cc4)cc3)c3ccc4c(c3)C(C)(C)c3ccccc3-4)cc21.CC1(C)c2ccccc2-c2ccc(N(c3ccc(-c4ccccc4)cc3)c3ccc(-c4ccc(-c5c6c(cc7ccccc57)C(C)(C)c5ccccc5-6)cc4)cc3)cc21.